The maximum Gasteiger partial charge on any atom is 0.347 e. The zero-order valence-corrected chi connectivity index (χ0v) is 17.8. The lowest BCUT2D eigenvalue weighted by Gasteiger charge is -2.42. The van der Waals surface area contributed by atoms with E-state index < -0.39 is 24.2 Å². The molecule has 1 N–H and O–H groups in total. The fourth-order valence-corrected chi connectivity index (χ4v) is 5.78. The normalized spacial score (nSPS) is 31.5. The number of esters is 1. The van der Waals surface area contributed by atoms with E-state index in [1.165, 1.54) is 11.6 Å². The largest absolute Gasteiger partial charge is 0.459 e. The van der Waals surface area contributed by atoms with Gasteiger partial charge in [-0.3, -0.25) is 9.69 Å². The van der Waals surface area contributed by atoms with Crippen molar-refractivity contribution >= 4 is 5.97 Å². The van der Waals surface area contributed by atoms with Crippen molar-refractivity contribution in [1.82, 2.24) is 18.8 Å². The van der Waals surface area contributed by atoms with E-state index in [4.69, 9.17) is 4.74 Å². The van der Waals surface area contributed by atoms with Crippen molar-refractivity contribution in [2.75, 3.05) is 13.2 Å². The summed E-state index contributed by atoms with van der Waals surface area (Å²) in [6.07, 6.45) is 4.17. The molecular formula is C23H26N4O5. The van der Waals surface area contributed by atoms with Gasteiger partial charge in [0.15, 0.2) is 0 Å². The van der Waals surface area contributed by atoms with Gasteiger partial charge >= 0.3 is 17.3 Å². The summed E-state index contributed by atoms with van der Waals surface area (Å²) in [4.78, 5) is 41.0. The summed E-state index contributed by atoms with van der Waals surface area (Å²) >= 11 is 0. The molecule has 168 valence electrons. The molecule has 1 aliphatic carbocycles. The van der Waals surface area contributed by atoms with Gasteiger partial charge < -0.3 is 9.84 Å². The van der Waals surface area contributed by atoms with Crippen LogP contribution in [0, 0.1) is 5.92 Å². The number of fused-ring (bicyclic) bond motifs is 5. The zero-order chi connectivity index (χ0) is 22.1. The Bertz CT molecular complexity index is 1220. The Morgan fingerprint density at radius 3 is 2.47 bits per heavy atom. The van der Waals surface area contributed by atoms with E-state index in [2.05, 4.69) is 6.08 Å². The van der Waals surface area contributed by atoms with Gasteiger partial charge in [-0.2, -0.15) is 0 Å². The van der Waals surface area contributed by atoms with E-state index in [-0.39, 0.29) is 30.1 Å². The van der Waals surface area contributed by atoms with Crippen LogP contribution in [0.3, 0.4) is 0 Å². The molecule has 0 unspecified atom stereocenters. The van der Waals surface area contributed by atoms with Crippen LogP contribution in [0.2, 0.25) is 0 Å². The van der Waals surface area contributed by atoms with Gasteiger partial charge in [0.25, 0.3) is 0 Å². The molecule has 32 heavy (non-hydrogen) atoms. The van der Waals surface area contributed by atoms with Crippen molar-refractivity contribution in [3.63, 3.8) is 0 Å². The minimum absolute atomic E-state index is 0.152. The lowest BCUT2D eigenvalue weighted by Crippen LogP contribution is -2.60. The molecule has 3 aliphatic heterocycles. The third-order valence-corrected chi connectivity index (χ3v) is 7.46. The highest BCUT2D eigenvalue weighted by molar-refractivity contribution is 5.77. The number of morpholine rings is 1. The molecule has 1 saturated carbocycles. The first-order chi connectivity index (χ1) is 15.5. The average Bonchev–Trinajstić information content (AvgIpc) is 3.53. The van der Waals surface area contributed by atoms with Crippen molar-refractivity contribution in [2.24, 2.45) is 13.0 Å². The second kappa shape index (κ2) is 7.05. The van der Waals surface area contributed by atoms with Gasteiger partial charge in [-0.1, -0.05) is 36.4 Å². The van der Waals surface area contributed by atoms with Crippen LogP contribution < -0.4 is 11.4 Å². The van der Waals surface area contributed by atoms with Crippen molar-refractivity contribution in [3.05, 3.63) is 68.5 Å². The van der Waals surface area contributed by atoms with Crippen LogP contribution in [0.1, 0.15) is 30.5 Å². The monoisotopic (exact) mass is 438 g/mol. The van der Waals surface area contributed by atoms with Crippen LogP contribution in [0.25, 0.3) is 0 Å². The minimum atomic E-state index is -0.780. The smallest absolute Gasteiger partial charge is 0.347 e. The zero-order valence-electron chi connectivity index (χ0n) is 17.8. The van der Waals surface area contributed by atoms with Crippen LogP contribution in [-0.4, -0.2) is 61.2 Å². The van der Waals surface area contributed by atoms with Crippen LogP contribution in [-0.2, 0) is 23.0 Å². The van der Waals surface area contributed by atoms with Crippen molar-refractivity contribution in [1.29, 1.82) is 0 Å². The maximum absolute atomic E-state index is 13.2. The Labute approximate surface area is 184 Å². The van der Waals surface area contributed by atoms with E-state index >= 15 is 0 Å². The molecule has 4 aliphatic rings. The number of benzene rings is 1. The maximum atomic E-state index is 13.2. The van der Waals surface area contributed by atoms with Gasteiger partial charge in [0, 0.05) is 20.0 Å². The van der Waals surface area contributed by atoms with Crippen molar-refractivity contribution in [3.8, 4) is 0 Å². The van der Waals surface area contributed by atoms with Gasteiger partial charge in [-0.25, -0.2) is 23.5 Å². The quantitative estimate of drug-likeness (QED) is 0.533. The molecule has 3 fully saturated rings. The van der Waals surface area contributed by atoms with Gasteiger partial charge in [-0.15, -0.1) is 0 Å². The molecule has 0 radical (unpaired) electrons. The number of nitrogens with zero attached hydrogens (tertiary/aromatic N) is 4. The molecule has 9 nitrogen and oxygen atoms in total. The summed E-state index contributed by atoms with van der Waals surface area (Å²) in [6, 6.07) is 8.08. The molecule has 1 aromatic carbocycles. The molecular weight excluding hydrogens is 412 g/mol. The SMILES string of the molecule is Cn1c(=O)n2n(c1=O)[C@H](C1CC1)C=C1CN3[C@@H]([C@H](Cc4ccccc4)OC(=O)[C@@H]3CO)[C@@H]12. The number of aromatic nitrogens is 3. The van der Waals surface area contributed by atoms with E-state index in [1.807, 2.05) is 35.2 Å². The predicted octanol–water partition coefficient (Wildman–Crippen LogP) is -0.00610. The Kier molecular flexibility index (Phi) is 4.35. The molecule has 6 rings (SSSR count). The summed E-state index contributed by atoms with van der Waals surface area (Å²) in [5.74, 6) is -0.0982. The summed E-state index contributed by atoms with van der Waals surface area (Å²) in [6.45, 7) is 0.121. The number of hydrogen-bond donors (Lipinski definition) is 1. The minimum Gasteiger partial charge on any atom is -0.459 e. The number of aliphatic hydroxyl groups excluding tert-OH is 1. The van der Waals surface area contributed by atoms with E-state index in [0.29, 0.717) is 18.9 Å². The first-order valence-electron chi connectivity index (χ1n) is 11.2. The third kappa shape index (κ3) is 2.74. The lowest BCUT2D eigenvalue weighted by molar-refractivity contribution is -0.175. The predicted molar refractivity (Wildman–Crippen MR) is 114 cm³/mol. The third-order valence-electron chi connectivity index (χ3n) is 7.46. The second-order valence-corrected chi connectivity index (χ2v) is 9.35. The van der Waals surface area contributed by atoms with E-state index in [1.54, 1.807) is 9.36 Å². The van der Waals surface area contributed by atoms with Crippen molar-refractivity contribution < 1.29 is 14.6 Å². The van der Waals surface area contributed by atoms with Gasteiger partial charge in [0.05, 0.1) is 24.7 Å². The molecule has 2 aromatic rings. The molecule has 1 aromatic heterocycles. The first-order valence-corrected chi connectivity index (χ1v) is 11.2. The highest BCUT2D eigenvalue weighted by Gasteiger charge is 2.56. The number of hydrogen-bond acceptors (Lipinski definition) is 6. The lowest BCUT2D eigenvalue weighted by atomic mass is 9.91. The van der Waals surface area contributed by atoms with E-state index in [9.17, 15) is 19.5 Å². The fourth-order valence-electron chi connectivity index (χ4n) is 5.78. The molecule has 0 spiro atoms. The number of carbonyl (C=O) groups excluding carboxylic acids is 1. The van der Waals surface area contributed by atoms with E-state index in [0.717, 1.165) is 24.0 Å². The molecule has 4 heterocycles. The van der Waals surface area contributed by atoms with Gasteiger partial charge in [-0.05, 0) is 29.9 Å². The van der Waals surface area contributed by atoms with Crippen LogP contribution in [0.4, 0.5) is 0 Å². The molecule has 5 atom stereocenters. The Hall–Kier alpha value is -2.91. The highest BCUT2D eigenvalue weighted by atomic mass is 16.6. The topological polar surface area (TPSA) is 98.7 Å². The first kappa shape index (κ1) is 19.8. The summed E-state index contributed by atoms with van der Waals surface area (Å²) < 4.78 is 10.2. The number of rotatable bonds is 4. The number of ether oxygens (including phenoxy) is 1. The molecule has 9 heteroatoms. The van der Waals surface area contributed by atoms with Gasteiger partial charge in [0.2, 0.25) is 0 Å². The highest BCUT2D eigenvalue weighted by Crippen LogP contribution is 2.48. The molecule has 0 amide bonds. The number of allylic oxidation sites excluding steroid dienone is 1. The number of cyclic esters (lactones) is 1. The standard InChI is InChI=1S/C23H26N4O5/c1-24-22(30)26-16(14-7-8-14)10-15-11-25-17(12-28)21(29)32-18(9-13-5-3-2-4-6-13)20(25)19(15)27(26)23(24)31/h2-6,10,14,16-20,28H,7-9,11-12H2,1H3/t16-,17-,18-,19+,20-/m0/s1. The second-order valence-electron chi connectivity index (χ2n) is 9.35. The summed E-state index contributed by atoms with van der Waals surface area (Å²) in [7, 11) is 1.51. The van der Waals surface area contributed by atoms with Crippen LogP contribution >= 0.6 is 0 Å². The van der Waals surface area contributed by atoms with Crippen molar-refractivity contribution in [2.45, 2.75) is 49.5 Å². The number of carbonyl (C=O) groups is 1. The summed E-state index contributed by atoms with van der Waals surface area (Å²) in [5.41, 5.74) is 1.38. The summed E-state index contributed by atoms with van der Waals surface area (Å²) in [5, 5.41) is 9.98. The van der Waals surface area contributed by atoms with Crippen LogP contribution in [0.5, 0.6) is 0 Å². The fraction of sp³-hybridized carbons (Fsp3) is 0.522. The molecule has 2 saturated heterocycles. The van der Waals surface area contributed by atoms with Crippen LogP contribution in [0.15, 0.2) is 51.6 Å². The molecule has 0 bridgehead atoms. The Morgan fingerprint density at radius 1 is 1.06 bits per heavy atom. The Balaban J connectivity index is 1.50. The average molecular weight is 438 g/mol. The Morgan fingerprint density at radius 2 is 1.78 bits per heavy atom. The van der Waals surface area contributed by atoms with Gasteiger partial charge in [0.1, 0.15) is 12.1 Å². The number of aliphatic hydroxyl groups is 1.